The van der Waals surface area contributed by atoms with Crippen LogP contribution in [0.25, 0.3) is 10.9 Å². The molecule has 3 saturated heterocycles. The Morgan fingerprint density at radius 3 is 1.60 bits per heavy atom. The van der Waals surface area contributed by atoms with Gasteiger partial charge >= 0.3 is 5.97 Å². The zero-order chi connectivity index (χ0) is 98.1. The first-order valence-corrected chi connectivity index (χ1v) is 44.9. The van der Waals surface area contributed by atoms with E-state index in [1.165, 1.54) is 52.2 Å². The number of H-pyrrole nitrogens is 1. The molecule has 20 N–H and O–H groups in total. The summed E-state index contributed by atoms with van der Waals surface area (Å²) in [5.74, 6) is -26.6. The first-order chi connectivity index (χ1) is 63.6. The minimum absolute atomic E-state index is 0.150. The molecule has 0 radical (unpaired) electrons. The van der Waals surface area contributed by atoms with Crippen LogP contribution >= 0.6 is 11.8 Å². The fourth-order valence-electron chi connectivity index (χ4n) is 16.2. The number of aromatic amines is 1. The Kier molecular flexibility index (Phi) is 37.9. The van der Waals surface area contributed by atoms with Gasteiger partial charge in [0.15, 0.2) is 17.5 Å². The van der Waals surface area contributed by atoms with Crippen LogP contribution in [0.1, 0.15) is 106 Å². The van der Waals surface area contributed by atoms with Crippen molar-refractivity contribution in [3.05, 3.63) is 173 Å². The molecule has 0 unspecified atom stereocenters. The third-order valence-electron chi connectivity index (χ3n) is 23.5. The minimum Gasteiger partial charge on any atom is -0.508 e. The first kappa shape index (κ1) is 104. The van der Waals surface area contributed by atoms with E-state index in [2.05, 4.69) is 52.8 Å². The van der Waals surface area contributed by atoms with Crippen LogP contribution in [0.15, 0.2) is 128 Å². The summed E-state index contributed by atoms with van der Waals surface area (Å²) < 4.78 is 45.0. The summed E-state index contributed by atoms with van der Waals surface area (Å²) >= 11 is 0.619. The van der Waals surface area contributed by atoms with Crippen molar-refractivity contribution in [1.82, 2.24) is 77.3 Å². The molecule has 0 bridgehead atoms. The molecular weight excluding hydrogens is 1770 g/mol. The number of thioether (sulfide) groups is 1. The molecule has 1 aromatic heterocycles. The third kappa shape index (κ3) is 28.5. The van der Waals surface area contributed by atoms with Crippen LogP contribution in [0.3, 0.4) is 0 Å². The molecule has 15 atom stereocenters. The number of carbonyl (C=O) groups excluding carboxylic acids is 16. The van der Waals surface area contributed by atoms with Crippen molar-refractivity contribution in [3.63, 3.8) is 0 Å². The number of hydrogen-bond donors (Lipinski definition) is 17. The van der Waals surface area contributed by atoms with Crippen LogP contribution in [-0.2, 0) is 114 Å². The SMILES string of the molecule is CCCC[C@H]1C(=O)N2C[C@H](O)C[C@@H]2C(=O)N[C@@H](CC(=O)O)C(=O)N[C@@H](C(C)C)C(=O)N(C)[C@@H](Cc2ccccc2)C(=O)N[C@@H](CCC(N)=O)C(=O)N2C[C@H](O)C[C@@H]2C(=O)N[C@@H](Cc2c[nH]c3ccccc23)C(=O)N[C@@H](Cc2ccc(O)cc2)C(=O)N[C@@H](CCN)C(=O)N[C@H](C(=O)NCC(N)=O)CSCC(=O)N[C@@H](Cc2cc(F)c(F)c(F)c2)C(=O)N(C)[C@@H](Cc2ccccc2)C(=O)N1C. The Morgan fingerprint density at radius 2 is 1.02 bits per heavy atom. The smallest absolute Gasteiger partial charge is 0.305 e. The number of carboxylic acid groups (broad SMARTS) is 1. The van der Waals surface area contributed by atoms with E-state index in [0.717, 1.165) is 31.5 Å². The van der Waals surface area contributed by atoms with Gasteiger partial charge in [-0.3, -0.25) is 81.5 Å². The van der Waals surface area contributed by atoms with Crippen molar-refractivity contribution in [2.24, 2.45) is 23.1 Å². The molecule has 4 heterocycles. The number of nitrogens with two attached hydrogens (primary N) is 3. The lowest BCUT2D eigenvalue weighted by molar-refractivity contribution is -0.152. The Morgan fingerprint density at radius 1 is 0.515 bits per heavy atom. The number of aliphatic hydroxyl groups excluding tert-OH is 2. The van der Waals surface area contributed by atoms with E-state index in [1.807, 2.05) is 0 Å². The lowest BCUT2D eigenvalue weighted by Gasteiger charge is -2.38. The second-order valence-electron chi connectivity index (χ2n) is 33.8. The number of aliphatic carboxylic acids is 1. The average molecular weight is 1890 g/mol. The van der Waals surface area contributed by atoms with E-state index >= 15 is 51.9 Å². The highest BCUT2D eigenvalue weighted by Crippen LogP contribution is 2.29. The topological polar surface area (TPSA) is 589 Å². The monoisotopic (exact) mass is 1880 g/mol. The van der Waals surface area contributed by atoms with Gasteiger partial charge in [-0.25, -0.2) is 13.2 Å². The van der Waals surface area contributed by atoms with Crippen LogP contribution in [0, 0.1) is 23.4 Å². The lowest BCUT2D eigenvalue weighted by Crippen LogP contribution is -2.62. The number of aromatic nitrogens is 1. The second-order valence-corrected chi connectivity index (χ2v) is 34.8. The number of aliphatic hydroxyl groups is 2. The Bertz CT molecular complexity index is 5240. The highest BCUT2D eigenvalue weighted by molar-refractivity contribution is 8.00. The van der Waals surface area contributed by atoms with E-state index in [4.69, 9.17) is 17.2 Å². The molecule has 134 heavy (non-hydrogen) atoms. The average Bonchev–Trinajstić information content (AvgIpc) is 1.17. The standard InChI is InChI=1S/C91H115F3N18O21S/c1-7-8-23-68-90(132)112-45-56(115)40-71(112)86(128)105-65(41-76(119)120)83(125)107-78(48(2)3)91(133)109(5)69(36-49-17-11-9-12-18-49)84(126)102-62(28-29-73(96)116)88(130)111-44-55(114)39-70(111)85(127)104-64(38-53-42-98-60-22-16-15-21-57(53)60)82(124)103-63(34-51-24-26-54(113)27-25-51)81(123)101-61(30-31-95)80(122)106-67(79(121)99-43-74(97)117)46-134-47-75(118)100-66(35-52-32-58(92)77(94)59(93)33-52)87(129)110(6)72(89(131)108(68)4)37-50-19-13-10-14-20-50/h9-22,24-27,32-33,42,48,55-56,61-72,78,98,113-115H,7-8,23,28-31,34-41,43-47,95H2,1-6H3,(H2,96,116)(H2,97,117)(H,99,121)(H,100,118)(H,101,123)(H,102,126)(H,103,124)(H,104,127)(H,105,128)(H,106,122)(H,107,125)(H,119,120)/t55-,56-,61+,62+,63+,64+,65+,66+,67+,68+,69+,70-,71-,72+,78+/m1/s1. The number of amides is 16. The lowest BCUT2D eigenvalue weighted by atomic mass is 9.98. The number of unbranched alkanes of at least 4 members (excludes halogenated alkanes) is 1. The third-order valence-corrected chi connectivity index (χ3v) is 24.5. The fraction of sp³-hybridized carbons (Fsp3) is 0.462. The van der Waals surface area contributed by atoms with E-state index in [9.17, 15) is 63.2 Å². The maximum absolute atomic E-state index is 15.7. The number of phenolic OH excluding ortho intramolecular Hbond substituents is 1. The maximum atomic E-state index is 15.7. The molecule has 0 aliphatic carbocycles. The van der Waals surface area contributed by atoms with Gasteiger partial charge in [-0.2, -0.15) is 0 Å². The number of carboxylic acids is 1. The van der Waals surface area contributed by atoms with Crippen LogP contribution in [0.5, 0.6) is 5.75 Å². The number of fused-ring (bicyclic) bond motifs is 3. The molecule has 43 heteroatoms. The maximum Gasteiger partial charge on any atom is 0.305 e. The molecule has 722 valence electrons. The molecule has 16 amide bonds. The van der Waals surface area contributed by atoms with Crippen LogP contribution < -0.4 is 65.1 Å². The number of halogens is 3. The summed E-state index contributed by atoms with van der Waals surface area (Å²) in [6.45, 7) is 2.39. The number of primary amides is 2. The number of hydrogen-bond acceptors (Lipinski definition) is 22. The number of nitrogens with one attached hydrogen (secondary N) is 10. The molecule has 5 aromatic carbocycles. The van der Waals surface area contributed by atoms with Gasteiger partial charge < -0.3 is 115 Å². The van der Waals surface area contributed by atoms with Gasteiger partial charge in [-0.1, -0.05) is 125 Å². The Balaban J connectivity index is 1.14. The number of nitrogens with zero attached hydrogens (tertiary/aromatic N) is 5. The molecule has 0 spiro atoms. The van der Waals surface area contributed by atoms with Gasteiger partial charge in [0.25, 0.3) is 0 Å². The summed E-state index contributed by atoms with van der Waals surface area (Å²) in [6.07, 6.45) is -6.98. The van der Waals surface area contributed by atoms with Crippen LogP contribution in [0.4, 0.5) is 13.2 Å². The fourth-order valence-corrected chi connectivity index (χ4v) is 17.1. The van der Waals surface area contributed by atoms with Crippen molar-refractivity contribution < 1.29 is 115 Å². The number of aromatic hydroxyl groups is 1. The van der Waals surface area contributed by atoms with Gasteiger partial charge in [-0.05, 0) is 89.9 Å². The molecule has 6 aromatic rings. The molecule has 9 rings (SSSR count). The first-order valence-electron chi connectivity index (χ1n) is 43.7. The summed E-state index contributed by atoms with van der Waals surface area (Å²) in [4.78, 5) is 257. The molecule has 3 aliphatic heterocycles. The van der Waals surface area contributed by atoms with Gasteiger partial charge in [-0.15, -0.1) is 11.8 Å². The van der Waals surface area contributed by atoms with Crippen molar-refractivity contribution in [2.75, 3.05) is 58.8 Å². The highest BCUT2D eigenvalue weighted by atomic mass is 32.2. The number of benzene rings is 5. The minimum atomic E-state index is -2.07. The number of rotatable bonds is 24. The van der Waals surface area contributed by atoms with Gasteiger partial charge in [0, 0.05) is 108 Å². The van der Waals surface area contributed by atoms with Crippen molar-refractivity contribution in [3.8, 4) is 5.75 Å². The number of phenols is 1. The summed E-state index contributed by atoms with van der Waals surface area (Å²) in [6, 6.07) is 6.73. The summed E-state index contributed by atoms with van der Waals surface area (Å²) in [7, 11) is 3.55. The molecular formula is C91H115F3N18O21S. The quantitative estimate of drug-likeness (QED) is 0.0303. The van der Waals surface area contributed by atoms with Crippen LogP contribution in [0.2, 0.25) is 0 Å². The normalized spacial score (nSPS) is 24.6. The molecule has 0 saturated carbocycles. The predicted molar refractivity (Wildman–Crippen MR) is 480 cm³/mol. The van der Waals surface area contributed by atoms with E-state index in [0.29, 0.717) is 63.5 Å². The van der Waals surface area contributed by atoms with E-state index < -0.39 is 303 Å². The predicted octanol–water partition coefficient (Wildman–Crippen LogP) is -1.63. The number of carbonyl (C=O) groups is 17. The van der Waals surface area contributed by atoms with Gasteiger partial charge in [0.05, 0.1) is 30.9 Å². The van der Waals surface area contributed by atoms with Crippen molar-refractivity contribution >= 4 is 123 Å². The zero-order valence-corrected chi connectivity index (χ0v) is 75.6. The second kappa shape index (κ2) is 48.7. The summed E-state index contributed by atoms with van der Waals surface area (Å²) in [5.41, 5.74) is 18.9. The zero-order valence-electron chi connectivity index (χ0n) is 74.7. The van der Waals surface area contributed by atoms with E-state index in [-0.39, 0.29) is 44.4 Å². The van der Waals surface area contributed by atoms with Crippen molar-refractivity contribution in [1.29, 1.82) is 0 Å². The van der Waals surface area contributed by atoms with Crippen molar-refractivity contribution in [2.45, 2.75) is 201 Å². The van der Waals surface area contributed by atoms with E-state index in [1.54, 1.807) is 98.0 Å². The van der Waals surface area contributed by atoms with Crippen LogP contribution in [-0.4, -0.2) is 300 Å². The largest absolute Gasteiger partial charge is 0.508 e. The summed E-state index contributed by atoms with van der Waals surface area (Å²) in [5, 5.41) is 66.9. The number of para-hydroxylation sites is 1. The highest BCUT2D eigenvalue weighted by Gasteiger charge is 2.48. The molecule has 3 fully saturated rings. The Hall–Kier alpha value is -13.6. The molecule has 39 nitrogen and oxygen atoms in total. The number of likely N-dealkylation sites (N-methyl/N-ethyl adjacent to an activating group) is 3. The molecule has 3 aliphatic rings. The van der Waals surface area contributed by atoms with Gasteiger partial charge in [0.2, 0.25) is 94.5 Å². The Labute approximate surface area is 773 Å². The van der Waals surface area contributed by atoms with Gasteiger partial charge in [0.1, 0.15) is 84.3 Å².